The van der Waals surface area contributed by atoms with Crippen LogP contribution in [0.25, 0.3) is 0 Å². The van der Waals surface area contributed by atoms with Crippen LogP contribution in [0.3, 0.4) is 0 Å². The van der Waals surface area contributed by atoms with Crippen molar-refractivity contribution in [3.05, 3.63) is 33.1 Å². The second-order valence-electron chi connectivity index (χ2n) is 4.37. The minimum atomic E-state index is -0.841. The van der Waals surface area contributed by atoms with E-state index in [1.165, 1.54) is 18.0 Å². The number of pyridine rings is 1. The standard InChI is InChI=1S/C12H16N2O4S/c1-7-4-13-10(9(3)11(7)14(17)18)6-19-5-8(2)12(15)16/h4,8H,5-6H2,1-3H3,(H,15,16). The lowest BCUT2D eigenvalue weighted by Gasteiger charge is -2.08. The summed E-state index contributed by atoms with van der Waals surface area (Å²) < 4.78 is 0. The van der Waals surface area contributed by atoms with Gasteiger partial charge in [0.05, 0.1) is 16.5 Å². The van der Waals surface area contributed by atoms with Crippen molar-refractivity contribution in [1.82, 2.24) is 4.98 Å². The van der Waals surface area contributed by atoms with E-state index in [-0.39, 0.29) is 5.69 Å². The lowest BCUT2D eigenvalue weighted by atomic mass is 10.1. The van der Waals surface area contributed by atoms with E-state index in [9.17, 15) is 14.9 Å². The van der Waals surface area contributed by atoms with E-state index in [4.69, 9.17) is 5.11 Å². The highest BCUT2D eigenvalue weighted by Crippen LogP contribution is 2.26. The number of aromatic nitrogens is 1. The maximum atomic E-state index is 11.0. The molecule has 0 saturated carbocycles. The lowest BCUT2D eigenvalue weighted by Crippen LogP contribution is -2.12. The van der Waals surface area contributed by atoms with Gasteiger partial charge in [0.15, 0.2) is 0 Å². The number of nitrogens with zero attached hydrogens (tertiary/aromatic N) is 2. The zero-order valence-corrected chi connectivity index (χ0v) is 11.9. The van der Waals surface area contributed by atoms with E-state index in [0.29, 0.717) is 28.3 Å². The van der Waals surface area contributed by atoms with E-state index >= 15 is 0 Å². The fourth-order valence-electron chi connectivity index (χ4n) is 1.60. The van der Waals surface area contributed by atoms with Gasteiger partial charge in [0.2, 0.25) is 0 Å². The number of carboxylic acid groups (broad SMARTS) is 1. The van der Waals surface area contributed by atoms with Crippen molar-refractivity contribution >= 4 is 23.4 Å². The fourth-order valence-corrected chi connectivity index (χ4v) is 2.69. The minimum Gasteiger partial charge on any atom is -0.481 e. The Balaban J connectivity index is 2.78. The van der Waals surface area contributed by atoms with Gasteiger partial charge in [-0.1, -0.05) is 6.92 Å². The average molecular weight is 284 g/mol. The van der Waals surface area contributed by atoms with Crippen LogP contribution in [0.2, 0.25) is 0 Å². The van der Waals surface area contributed by atoms with Crippen molar-refractivity contribution in [2.24, 2.45) is 5.92 Å². The molecule has 6 nitrogen and oxygen atoms in total. The largest absolute Gasteiger partial charge is 0.481 e. The first-order valence-electron chi connectivity index (χ1n) is 5.74. The molecule has 0 fully saturated rings. The van der Waals surface area contributed by atoms with Crippen LogP contribution in [0.1, 0.15) is 23.7 Å². The Kier molecular flexibility index (Phi) is 5.29. The SMILES string of the molecule is Cc1cnc(CSCC(C)C(=O)O)c(C)c1[N+](=O)[O-]. The summed E-state index contributed by atoms with van der Waals surface area (Å²) in [6.07, 6.45) is 1.49. The second-order valence-corrected chi connectivity index (χ2v) is 5.40. The maximum absolute atomic E-state index is 11.0. The molecule has 1 aromatic heterocycles. The molecule has 19 heavy (non-hydrogen) atoms. The van der Waals surface area contributed by atoms with Crippen LogP contribution >= 0.6 is 11.8 Å². The third-order valence-corrected chi connectivity index (χ3v) is 4.00. The Morgan fingerprint density at radius 2 is 2.21 bits per heavy atom. The van der Waals surface area contributed by atoms with Crippen LogP contribution < -0.4 is 0 Å². The highest BCUT2D eigenvalue weighted by atomic mass is 32.2. The zero-order valence-electron chi connectivity index (χ0n) is 11.0. The molecule has 0 amide bonds. The van der Waals surface area contributed by atoms with Gasteiger partial charge in [-0.15, -0.1) is 0 Å². The minimum absolute atomic E-state index is 0.0943. The van der Waals surface area contributed by atoms with Crippen LogP contribution in [-0.4, -0.2) is 26.7 Å². The average Bonchev–Trinajstić information content (AvgIpc) is 2.31. The summed E-state index contributed by atoms with van der Waals surface area (Å²) in [6.45, 7) is 4.96. The van der Waals surface area contributed by atoms with Crippen LogP contribution in [0, 0.1) is 29.9 Å². The van der Waals surface area contributed by atoms with E-state index in [0.717, 1.165) is 0 Å². The molecule has 0 aliphatic heterocycles. The van der Waals surface area contributed by atoms with Gasteiger partial charge in [-0.3, -0.25) is 19.9 Å². The monoisotopic (exact) mass is 284 g/mol. The smallest absolute Gasteiger partial charge is 0.307 e. The summed E-state index contributed by atoms with van der Waals surface area (Å²) in [5.74, 6) is -0.347. The molecule has 1 rings (SSSR count). The molecular formula is C12H16N2O4S. The van der Waals surface area contributed by atoms with Crippen molar-refractivity contribution in [2.75, 3.05) is 5.75 Å². The van der Waals surface area contributed by atoms with Crippen LogP contribution in [0.5, 0.6) is 0 Å². The molecular weight excluding hydrogens is 268 g/mol. The maximum Gasteiger partial charge on any atom is 0.307 e. The molecule has 0 spiro atoms. The van der Waals surface area contributed by atoms with E-state index in [1.54, 1.807) is 20.8 Å². The Morgan fingerprint density at radius 3 is 2.74 bits per heavy atom. The van der Waals surface area contributed by atoms with Crippen LogP contribution in [0.15, 0.2) is 6.20 Å². The molecule has 1 aromatic rings. The van der Waals surface area contributed by atoms with Crippen LogP contribution in [-0.2, 0) is 10.5 Å². The Labute approximate surface area is 115 Å². The highest BCUT2D eigenvalue weighted by Gasteiger charge is 2.19. The first-order chi connectivity index (χ1) is 8.84. The molecule has 0 bridgehead atoms. The summed E-state index contributed by atoms with van der Waals surface area (Å²) >= 11 is 1.42. The number of carboxylic acids is 1. The molecule has 0 radical (unpaired) electrons. The van der Waals surface area contributed by atoms with Crippen molar-refractivity contribution in [3.63, 3.8) is 0 Å². The van der Waals surface area contributed by atoms with Crippen molar-refractivity contribution in [1.29, 1.82) is 0 Å². The molecule has 104 valence electrons. The van der Waals surface area contributed by atoms with E-state index in [1.807, 2.05) is 0 Å². The molecule has 1 heterocycles. The molecule has 1 atom stereocenters. The Bertz CT molecular complexity index is 505. The van der Waals surface area contributed by atoms with Gasteiger partial charge in [-0.25, -0.2) is 0 Å². The third kappa shape index (κ3) is 3.92. The first kappa shape index (κ1) is 15.4. The first-order valence-corrected chi connectivity index (χ1v) is 6.90. The van der Waals surface area contributed by atoms with Crippen molar-refractivity contribution in [3.8, 4) is 0 Å². The van der Waals surface area contributed by atoms with E-state index in [2.05, 4.69) is 4.98 Å². The molecule has 0 aromatic carbocycles. The van der Waals surface area contributed by atoms with Gasteiger partial charge in [0.1, 0.15) is 0 Å². The predicted molar refractivity (Wildman–Crippen MR) is 73.3 cm³/mol. The van der Waals surface area contributed by atoms with Gasteiger partial charge in [-0.05, 0) is 13.8 Å². The summed E-state index contributed by atoms with van der Waals surface area (Å²) in [5.41, 5.74) is 1.83. The fraction of sp³-hybridized carbons (Fsp3) is 0.500. The molecule has 7 heteroatoms. The quantitative estimate of drug-likeness (QED) is 0.637. The summed E-state index contributed by atoms with van der Waals surface area (Å²) in [6, 6.07) is 0. The molecule has 0 aliphatic carbocycles. The third-order valence-electron chi connectivity index (χ3n) is 2.79. The van der Waals surface area contributed by atoms with Gasteiger partial charge in [0.25, 0.3) is 5.69 Å². The zero-order chi connectivity index (χ0) is 14.6. The highest BCUT2D eigenvalue weighted by molar-refractivity contribution is 7.98. The number of thioether (sulfide) groups is 1. The number of hydrogen-bond acceptors (Lipinski definition) is 5. The number of rotatable bonds is 6. The molecule has 0 aliphatic rings. The second kappa shape index (κ2) is 6.51. The van der Waals surface area contributed by atoms with Gasteiger partial charge < -0.3 is 5.11 Å². The van der Waals surface area contributed by atoms with Gasteiger partial charge >= 0.3 is 5.97 Å². The van der Waals surface area contributed by atoms with Crippen molar-refractivity contribution < 1.29 is 14.8 Å². The van der Waals surface area contributed by atoms with E-state index < -0.39 is 16.8 Å². The lowest BCUT2D eigenvalue weighted by molar-refractivity contribution is -0.386. The number of aryl methyl sites for hydroxylation is 1. The summed E-state index contributed by atoms with van der Waals surface area (Å²) in [7, 11) is 0. The number of aliphatic carboxylic acids is 1. The predicted octanol–water partition coefficient (Wildman–Crippen LogP) is 2.56. The molecule has 0 saturated heterocycles. The number of hydrogen-bond donors (Lipinski definition) is 1. The summed E-state index contributed by atoms with van der Waals surface area (Å²) in [5, 5.41) is 19.7. The van der Waals surface area contributed by atoms with Crippen LogP contribution in [0.4, 0.5) is 5.69 Å². The van der Waals surface area contributed by atoms with Crippen molar-refractivity contribution in [2.45, 2.75) is 26.5 Å². The molecule has 1 N–H and O–H groups in total. The Morgan fingerprint density at radius 1 is 1.58 bits per heavy atom. The Hall–Kier alpha value is -1.63. The number of nitro groups is 1. The topological polar surface area (TPSA) is 93.3 Å². The molecule has 1 unspecified atom stereocenters. The number of carbonyl (C=O) groups is 1. The normalized spacial score (nSPS) is 12.2. The summed E-state index contributed by atoms with van der Waals surface area (Å²) in [4.78, 5) is 25.4. The van der Waals surface area contributed by atoms with Gasteiger partial charge in [0, 0.05) is 28.8 Å². The van der Waals surface area contributed by atoms with Gasteiger partial charge in [-0.2, -0.15) is 11.8 Å².